The van der Waals surface area contributed by atoms with Crippen molar-refractivity contribution in [3.8, 4) is 0 Å². The molecule has 0 spiro atoms. The van der Waals surface area contributed by atoms with Crippen molar-refractivity contribution in [3.05, 3.63) is 23.8 Å². The molecule has 0 amide bonds. The highest BCUT2D eigenvalue weighted by Gasteiger charge is 2.22. The second-order valence-corrected chi connectivity index (χ2v) is 5.85. The number of rotatable bonds is 5. The highest BCUT2D eigenvalue weighted by atomic mass is 16.5. The second-order valence-electron chi connectivity index (χ2n) is 5.85. The summed E-state index contributed by atoms with van der Waals surface area (Å²) < 4.78 is 4.77. The molecule has 116 valence electrons. The molecule has 2 rings (SSSR count). The zero-order valence-electron chi connectivity index (χ0n) is 13.0. The van der Waals surface area contributed by atoms with Crippen molar-refractivity contribution in [2.24, 2.45) is 5.92 Å². The smallest absolute Gasteiger partial charge is 0.340 e. The van der Waals surface area contributed by atoms with Gasteiger partial charge in [-0.05, 0) is 43.4 Å². The second kappa shape index (κ2) is 7.34. The van der Waals surface area contributed by atoms with Crippen LogP contribution in [0.3, 0.4) is 0 Å². The average molecular weight is 290 g/mol. The van der Waals surface area contributed by atoms with Crippen molar-refractivity contribution in [2.45, 2.75) is 51.5 Å². The maximum atomic E-state index is 11.7. The summed E-state index contributed by atoms with van der Waals surface area (Å²) in [5.41, 5.74) is 7.68. The van der Waals surface area contributed by atoms with E-state index in [0.717, 1.165) is 18.0 Å². The molecule has 0 bridgehead atoms. The molecule has 0 aliphatic heterocycles. The predicted molar refractivity (Wildman–Crippen MR) is 86.5 cm³/mol. The third-order valence-corrected chi connectivity index (χ3v) is 4.47. The lowest BCUT2D eigenvalue weighted by atomic mass is 9.83. The minimum absolute atomic E-state index is 0.387. The summed E-state index contributed by atoms with van der Waals surface area (Å²) in [5, 5.41) is 3.58. The van der Waals surface area contributed by atoms with Crippen LogP contribution in [0.1, 0.15) is 55.8 Å². The van der Waals surface area contributed by atoms with Crippen molar-refractivity contribution in [3.63, 3.8) is 0 Å². The first-order valence-corrected chi connectivity index (χ1v) is 7.90. The van der Waals surface area contributed by atoms with Crippen LogP contribution in [0, 0.1) is 5.92 Å². The van der Waals surface area contributed by atoms with Gasteiger partial charge in [0.25, 0.3) is 0 Å². The van der Waals surface area contributed by atoms with E-state index in [1.165, 1.54) is 39.2 Å². The zero-order valence-corrected chi connectivity index (χ0v) is 13.0. The Labute approximate surface area is 127 Å². The van der Waals surface area contributed by atoms with Crippen LogP contribution in [0.5, 0.6) is 0 Å². The van der Waals surface area contributed by atoms with Crippen LogP contribution in [0.15, 0.2) is 18.2 Å². The van der Waals surface area contributed by atoms with E-state index < -0.39 is 0 Å². The van der Waals surface area contributed by atoms with Gasteiger partial charge in [-0.25, -0.2) is 4.79 Å². The van der Waals surface area contributed by atoms with Gasteiger partial charge in [-0.1, -0.05) is 26.2 Å². The number of hydrogen-bond acceptors (Lipinski definition) is 4. The predicted octanol–water partition coefficient (Wildman–Crippen LogP) is 3.83. The third-order valence-electron chi connectivity index (χ3n) is 4.47. The van der Waals surface area contributed by atoms with Crippen LogP contribution in [-0.4, -0.2) is 19.1 Å². The minimum Gasteiger partial charge on any atom is -0.465 e. The van der Waals surface area contributed by atoms with Gasteiger partial charge in [-0.15, -0.1) is 0 Å². The standard InChI is InChI=1S/C17H26N2O2/c1-3-16(12-7-5-4-6-8-12)19-13-9-10-15(18)14(11-13)17(20)21-2/h9-12,16,19H,3-8,18H2,1-2H3. The summed E-state index contributed by atoms with van der Waals surface area (Å²) in [4.78, 5) is 11.7. The van der Waals surface area contributed by atoms with E-state index in [4.69, 9.17) is 10.5 Å². The van der Waals surface area contributed by atoms with Gasteiger partial charge in [0.2, 0.25) is 0 Å². The number of nitrogen functional groups attached to an aromatic ring is 1. The molecule has 1 saturated carbocycles. The molecule has 1 aliphatic carbocycles. The van der Waals surface area contributed by atoms with Gasteiger partial charge >= 0.3 is 5.97 Å². The first-order chi connectivity index (χ1) is 10.2. The van der Waals surface area contributed by atoms with Gasteiger partial charge in [0.15, 0.2) is 0 Å². The van der Waals surface area contributed by atoms with Crippen molar-refractivity contribution < 1.29 is 9.53 Å². The average Bonchev–Trinajstić information content (AvgIpc) is 2.54. The Hall–Kier alpha value is -1.71. The fraction of sp³-hybridized carbons (Fsp3) is 0.588. The highest BCUT2D eigenvalue weighted by Crippen LogP contribution is 2.30. The summed E-state index contributed by atoms with van der Waals surface area (Å²) in [7, 11) is 1.37. The van der Waals surface area contributed by atoms with Crippen molar-refractivity contribution in [2.75, 3.05) is 18.2 Å². The number of esters is 1. The lowest BCUT2D eigenvalue weighted by Gasteiger charge is -2.31. The van der Waals surface area contributed by atoms with E-state index in [1.54, 1.807) is 12.1 Å². The highest BCUT2D eigenvalue weighted by molar-refractivity contribution is 5.96. The Morgan fingerprint density at radius 2 is 2.10 bits per heavy atom. The summed E-state index contributed by atoms with van der Waals surface area (Å²) in [6.45, 7) is 2.21. The summed E-state index contributed by atoms with van der Waals surface area (Å²) >= 11 is 0. The molecule has 1 fully saturated rings. The summed E-state index contributed by atoms with van der Waals surface area (Å²) in [6.07, 6.45) is 7.70. The number of carbonyl (C=O) groups excluding carboxylic acids is 1. The largest absolute Gasteiger partial charge is 0.465 e. The molecule has 0 aromatic heterocycles. The maximum Gasteiger partial charge on any atom is 0.340 e. The Morgan fingerprint density at radius 1 is 1.38 bits per heavy atom. The topological polar surface area (TPSA) is 64.3 Å². The van der Waals surface area contributed by atoms with Gasteiger partial charge < -0.3 is 15.8 Å². The Kier molecular flexibility index (Phi) is 5.48. The minimum atomic E-state index is -0.387. The molecule has 0 radical (unpaired) electrons. The molecule has 3 N–H and O–H groups in total. The molecule has 21 heavy (non-hydrogen) atoms. The van der Waals surface area contributed by atoms with Crippen molar-refractivity contribution >= 4 is 17.3 Å². The molecule has 1 unspecified atom stereocenters. The van der Waals surface area contributed by atoms with Crippen LogP contribution in [0.4, 0.5) is 11.4 Å². The van der Waals surface area contributed by atoms with Crippen LogP contribution >= 0.6 is 0 Å². The van der Waals surface area contributed by atoms with Crippen LogP contribution < -0.4 is 11.1 Å². The number of ether oxygens (including phenoxy) is 1. The fourth-order valence-electron chi connectivity index (χ4n) is 3.24. The van der Waals surface area contributed by atoms with Gasteiger partial charge in [-0.3, -0.25) is 0 Å². The fourth-order valence-corrected chi connectivity index (χ4v) is 3.24. The number of hydrogen-bond donors (Lipinski definition) is 2. The SMILES string of the molecule is CCC(Nc1ccc(N)c(C(=O)OC)c1)C1CCCCC1. The summed E-state index contributed by atoms with van der Waals surface area (Å²) in [5.74, 6) is 0.338. The molecule has 0 saturated heterocycles. The molecule has 1 aromatic carbocycles. The van der Waals surface area contributed by atoms with Gasteiger partial charge in [0.05, 0.1) is 12.7 Å². The lowest BCUT2D eigenvalue weighted by molar-refractivity contribution is 0.0602. The molecule has 1 aliphatic rings. The summed E-state index contributed by atoms with van der Waals surface area (Å²) in [6, 6.07) is 5.96. The van der Waals surface area contributed by atoms with E-state index in [9.17, 15) is 4.79 Å². The van der Waals surface area contributed by atoms with E-state index in [-0.39, 0.29) is 5.97 Å². The van der Waals surface area contributed by atoms with Crippen LogP contribution in [0.25, 0.3) is 0 Å². The van der Waals surface area contributed by atoms with E-state index in [0.29, 0.717) is 17.3 Å². The first kappa shape index (κ1) is 15.7. The maximum absolute atomic E-state index is 11.7. The molecule has 4 nitrogen and oxygen atoms in total. The normalized spacial score (nSPS) is 17.2. The zero-order chi connectivity index (χ0) is 15.2. The Balaban J connectivity index is 2.11. The van der Waals surface area contributed by atoms with Crippen molar-refractivity contribution in [1.82, 2.24) is 0 Å². The molecule has 0 heterocycles. The van der Waals surface area contributed by atoms with E-state index >= 15 is 0 Å². The number of methoxy groups -OCH3 is 1. The van der Waals surface area contributed by atoms with E-state index in [1.807, 2.05) is 6.07 Å². The molecular formula is C17H26N2O2. The molecule has 1 atom stereocenters. The molecular weight excluding hydrogens is 264 g/mol. The lowest BCUT2D eigenvalue weighted by Crippen LogP contribution is -2.30. The molecule has 4 heteroatoms. The third kappa shape index (κ3) is 3.90. The molecule has 1 aromatic rings. The number of benzene rings is 1. The van der Waals surface area contributed by atoms with Crippen LogP contribution in [0.2, 0.25) is 0 Å². The number of anilines is 2. The number of nitrogens with one attached hydrogen (secondary N) is 1. The van der Waals surface area contributed by atoms with Gasteiger partial charge in [-0.2, -0.15) is 0 Å². The Bertz CT molecular complexity index is 482. The van der Waals surface area contributed by atoms with Crippen molar-refractivity contribution in [1.29, 1.82) is 0 Å². The number of nitrogens with two attached hydrogens (primary N) is 1. The van der Waals surface area contributed by atoms with Gasteiger partial charge in [0, 0.05) is 17.4 Å². The Morgan fingerprint density at radius 3 is 2.71 bits per heavy atom. The van der Waals surface area contributed by atoms with Crippen LogP contribution in [-0.2, 0) is 4.74 Å². The monoisotopic (exact) mass is 290 g/mol. The number of carbonyl (C=O) groups is 1. The van der Waals surface area contributed by atoms with E-state index in [2.05, 4.69) is 12.2 Å². The first-order valence-electron chi connectivity index (χ1n) is 7.90. The quantitative estimate of drug-likeness (QED) is 0.639. The van der Waals surface area contributed by atoms with Gasteiger partial charge in [0.1, 0.15) is 0 Å².